The Morgan fingerprint density at radius 2 is 1.78 bits per heavy atom. The van der Waals surface area contributed by atoms with Crippen LogP contribution < -0.4 is 4.48 Å². The van der Waals surface area contributed by atoms with Crippen LogP contribution in [-0.4, -0.2) is 49.5 Å². The topological polar surface area (TPSA) is 78.5 Å². The molecule has 0 aliphatic heterocycles. The van der Waals surface area contributed by atoms with E-state index >= 15 is 0 Å². The highest BCUT2D eigenvalue weighted by molar-refractivity contribution is 6.32. The van der Waals surface area contributed by atoms with Crippen molar-refractivity contribution in [3.8, 4) is 11.4 Å². The number of carbonyl (C=O) groups excluding carboxylic acids is 1. The number of rotatable bonds is 4. The zero-order valence-electron chi connectivity index (χ0n) is 19.9. The van der Waals surface area contributed by atoms with E-state index in [0.717, 1.165) is 10.9 Å². The first-order valence-corrected chi connectivity index (χ1v) is 11.4. The lowest BCUT2D eigenvalue weighted by molar-refractivity contribution is -0.143. The number of hydrogen-bond donors (Lipinski definition) is 0. The Morgan fingerprint density at radius 3 is 2.46 bits per heavy atom. The summed E-state index contributed by atoms with van der Waals surface area (Å²) in [5, 5.41) is 9.55. The lowest BCUT2D eigenvalue weighted by Gasteiger charge is -2.27. The van der Waals surface area contributed by atoms with E-state index in [1.807, 2.05) is 0 Å². The molecule has 0 saturated heterocycles. The molecular formula is C25H20ClF3N7O+. The fraction of sp³-hybridized carbons (Fsp3) is 0.160. The number of nitrogens with zero attached hydrogens (tertiary/aromatic N) is 7. The van der Waals surface area contributed by atoms with Crippen molar-refractivity contribution in [2.24, 2.45) is 0 Å². The van der Waals surface area contributed by atoms with Crippen molar-refractivity contribution in [2.45, 2.75) is 13.1 Å². The number of aryl methyl sites for hydroxylation is 1. The molecule has 1 amide bonds. The smallest absolute Gasteiger partial charge is 0.264 e. The Morgan fingerprint density at radius 1 is 1.00 bits per heavy atom. The highest BCUT2D eigenvalue weighted by atomic mass is 35.5. The zero-order chi connectivity index (χ0) is 26.5. The maximum absolute atomic E-state index is 14.4. The van der Waals surface area contributed by atoms with Crippen molar-refractivity contribution in [1.29, 1.82) is 0 Å². The molecule has 0 radical (unpaired) electrons. The van der Waals surface area contributed by atoms with Gasteiger partial charge in [0, 0.05) is 29.9 Å². The van der Waals surface area contributed by atoms with Crippen LogP contribution >= 0.6 is 11.6 Å². The van der Waals surface area contributed by atoms with Crippen molar-refractivity contribution in [3.63, 3.8) is 0 Å². The number of quaternary nitrogens is 1. The molecule has 0 saturated carbocycles. The molecule has 12 heteroatoms. The molecule has 0 aliphatic rings. The third-order valence-corrected chi connectivity index (χ3v) is 6.49. The van der Waals surface area contributed by atoms with E-state index in [-0.39, 0.29) is 10.7 Å². The highest BCUT2D eigenvalue weighted by Gasteiger charge is 2.45. The minimum Gasteiger partial charge on any atom is -0.264 e. The Hall–Kier alpha value is -4.09. The van der Waals surface area contributed by atoms with Gasteiger partial charge in [-0.1, -0.05) is 23.7 Å². The molecule has 2 aromatic carbocycles. The summed E-state index contributed by atoms with van der Waals surface area (Å²) in [5.41, 5.74) is -0.655. The number of pyridine rings is 1. The number of hydrogen-bond acceptors (Lipinski definition) is 5. The quantitative estimate of drug-likeness (QED) is 0.293. The van der Waals surface area contributed by atoms with Gasteiger partial charge in [0.2, 0.25) is 0 Å². The Kier molecular flexibility index (Phi) is 5.84. The maximum Gasteiger partial charge on any atom is 0.434 e. The third kappa shape index (κ3) is 4.15. The molecule has 0 fully saturated rings. The number of alkyl halides is 3. The second-order valence-corrected chi connectivity index (χ2v) is 9.21. The molecule has 188 valence electrons. The molecule has 0 bridgehead atoms. The third-order valence-electron chi connectivity index (χ3n) is 6.19. The number of aromatic nitrogens is 6. The normalized spacial score (nSPS) is 12.3. The van der Waals surface area contributed by atoms with Crippen LogP contribution in [-0.2, 0) is 6.18 Å². The number of amides is 1. The van der Waals surface area contributed by atoms with E-state index < -0.39 is 27.8 Å². The maximum atomic E-state index is 14.4. The van der Waals surface area contributed by atoms with Crippen LogP contribution in [0.4, 0.5) is 18.9 Å². The van der Waals surface area contributed by atoms with Gasteiger partial charge in [0.1, 0.15) is 23.4 Å². The predicted molar refractivity (Wildman–Crippen MR) is 133 cm³/mol. The molecule has 5 aromatic rings. The predicted octanol–water partition coefficient (Wildman–Crippen LogP) is 5.39. The molecule has 0 aliphatic carbocycles. The summed E-state index contributed by atoms with van der Waals surface area (Å²) < 4.78 is 45.0. The molecule has 0 spiro atoms. The average molecular weight is 527 g/mol. The molecule has 8 nitrogen and oxygen atoms in total. The first-order valence-electron chi connectivity index (χ1n) is 11.0. The number of carbonyl (C=O) groups is 1. The Bertz CT molecular complexity index is 1650. The van der Waals surface area contributed by atoms with Crippen LogP contribution in [0.25, 0.3) is 22.1 Å². The fourth-order valence-electron chi connectivity index (χ4n) is 4.21. The van der Waals surface area contributed by atoms with Crippen LogP contribution in [0.5, 0.6) is 0 Å². The first kappa shape index (κ1) is 24.6. The van der Waals surface area contributed by atoms with Crippen LogP contribution in [0.15, 0.2) is 67.4 Å². The van der Waals surface area contributed by atoms with Crippen molar-refractivity contribution in [1.82, 2.24) is 34.0 Å². The summed E-state index contributed by atoms with van der Waals surface area (Å²) in [6.07, 6.45) is 0.488. The molecule has 0 unspecified atom stereocenters. The van der Waals surface area contributed by atoms with Gasteiger partial charge in [0.25, 0.3) is 0 Å². The number of fused-ring (bicyclic) bond motifs is 1. The van der Waals surface area contributed by atoms with Gasteiger partial charge in [-0.05, 0) is 30.5 Å². The monoisotopic (exact) mass is 526 g/mol. The average Bonchev–Trinajstić information content (AvgIpc) is 3.49. The summed E-state index contributed by atoms with van der Waals surface area (Å²) in [7, 11) is 2.99. The number of halogens is 4. The largest absolute Gasteiger partial charge is 0.434 e. The van der Waals surface area contributed by atoms with Crippen molar-refractivity contribution in [3.05, 3.63) is 89.5 Å². The van der Waals surface area contributed by atoms with Crippen molar-refractivity contribution < 1.29 is 18.0 Å². The van der Waals surface area contributed by atoms with Gasteiger partial charge >= 0.3 is 12.1 Å². The SMILES string of the molecule is Cc1ncnn1-c1ccc([N+](C)(C)C(=O)c2cnn(-c3cccc4ccncc34)c2C(F)(F)F)cc1Cl. The van der Waals surface area contributed by atoms with Gasteiger partial charge in [-0.15, -0.1) is 0 Å². The van der Waals surface area contributed by atoms with Gasteiger partial charge in [0.05, 0.1) is 36.7 Å². The van der Waals surface area contributed by atoms with Gasteiger partial charge in [0.15, 0.2) is 5.69 Å². The summed E-state index contributed by atoms with van der Waals surface area (Å²) in [4.78, 5) is 21.8. The molecule has 3 aromatic heterocycles. The molecule has 3 heterocycles. The van der Waals surface area contributed by atoms with Crippen molar-refractivity contribution >= 4 is 34.0 Å². The van der Waals surface area contributed by atoms with E-state index in [4.69, 9.17) is 11.6 Å². The number of benzene rings is 2. The highest BCUT2D eigenvalue weighted by Crippen LogP contribution is 2.37. The second-order valence-electron chi connectivity index (χ2n) is 8.80. The van der Waals surface area contributed by atoms with Gasteiger partial charge < -0.3 is 0 Å². The first-order chi connectivity index (χ1) is 17.5. The second kappa shape index (κ2) is 8.79. The molecular weight excluding hydrogens is 507 g/mol. The van der Waals surface area contributed by atoms with E-state index in [0.29, 0.717) is 28.0 Å². The van der Waals surface area contributed by atoms with Gasteiger partial charge in [-0.3, -0.25) is 4.98 Å². The van der Waals surface area contributed by atoms with Crippen LogP contribution in [0, 0.1) is 6.92 Å². The van der Waals surface area contributed by atoms with Crippen LogP contribution in [0.3, 0.4) is 0 Å². The minimum absolute atomic E-state index is 0.165. The standard InChI is InChI=1S/C25H20ClF3N7O/c1-15-31-14-33-34(15)22-8-7-17(11-20(22)26)36(2,3)24(37)19-13-32-35(23(19)25(27,28)29)21-6-4-5-16-9-10-30-12-18(16)21/h4-14H,1-3H3/q+1. The van der Waals surface area contributed by atoms with E-state index in [1.54, 1.807) is 43.5 Å². The lowest BCUT2D eigenvalue weighted by Crippen LogP contribution is -2.47. The summed E-state index contributed by atoms with van der Waals surface area (Å²) in [6, 6.07) is 11.4. The van der Waals surface area contributed by atoms with Crippen molar-refractivity contribution in [2.75, 3.05) is 14.1 Å². The Labute approximate surface area is 214 Å². The summed E-state index contributed by atoms with van der Waals surface area (Å²) in [6.45, 7) is 1.75. The fourth-order valence-corrected chi connectivity index (χ4v) is 4.47. The minimum atomic E-state index is -4.86. The summed E-state index contributed by atoms with van der Waals surface area (Å²) >= 11 is 6.48. The Balaban J connectivity index is 1.61. The van der Waals surface area contributed by atoms with Gasteiger partial charge in [-0.25, -0.2) is 23.6 Å². The summed E-state index contributed by atoms with van der Waals surface area (Å²) in [5.74, 6) is -0.206. The van der Waals surface area contributed by atoms with Gasteiger partial charge in [-0.2, -0.15) is 23.4 Å². The lowest BCUT2D eigenvalue weighted by atomic mass is 10.1. The molecule has 5 rings (SSSR count). The van der Waals surface area contributed by atoms with E-state index in [1.165, 1.54) is 43.4 Å². The van der Waals surface area contributed by atoms with E-state index in [2.05, 4.69) is 20.2 Å². The molecule has 37 heavy (non-hydrogen) atoms. The van der Waals surface area contributed by atoms with Crippen LogP contribution in [0.1, 0.15) is 21.9 Å². The van der Waals surface area contributed by atoms with E-state index in [9.17, 15) is 18.0 Å². The zero-order valence-corrected chi connectivity index (χ0v) is 20.7. The van der Waals surface area contributed by atoms with Crippen LogP contribution in [0.2, 0.25) is 5.02 Å². The molecule has 0 atom stereocenters. The molecule has 0 N–H and O–H groups in total.